The van der Waals surface area contributed by atoms with Gasteiger partial charge in [-0.1, -0.05) is 0 Å². The van der Waals surface area contributed by atoms with Crippen LogP contribution >= 0.6 is 0 Å². The molecule has 4 heteroatoms. The summed E-state index contributed by atoms with van der Waals surface area (Å²) >= 11 is 0. The Morgan fingerprint density at radius 3 is 2.42 bits per heavy atom. The summed E-state index contributed by atoms with van der Waals surface area (Å²) in [6.07, 6.45) is 0. The van der Waals surface area contributed by atoms with Crippen molar-refractivity contribution in [1.29, 1.82) is 0 Å². The number of hydrogen-bond acceptors (Lipinski definition) is 2. The van der Waals surface area contributed by atoms with Gasteiger partial charge in [0.2, 0.25) is 0 Å². The van der Waals surface area contributed by atoms with Crippen LogP contribution in [0.3, 0.4) is 0 Å². The molecule has 0 aromatic heterocycles. The van der Waals surface area contributed by atoms with E-state index in [9.17, 15) is 13.6 Å². The van der Waals surface area contributed by atoms with Crippen molar-refractivity contribution in [3.05, 3.63) is 30.1 Å². The van der Waals surface area contributed by atoms with Gasteiger partial charge in [0.15, 0.2) is 6.61 Å². The zero-order chi connectivity index (χ0) is 8.97. The summed E-state index contributed by atoms with van der Waals surface area (Å²) in [4.78, 5) is 9.82. The van der Waals surface area contributed by atoms with E-state index >= 15 is 0 Å². The highest BCUT2D eigenvalue weighted by molar-refractivity contribution is 5.69. The molecule has 0 aliphatic heterocycles. The molecule has 0 aliphatic rings. The molecule has 0 N–H and O–H groups in total. The SMILES string of the molecule is O=C(F)COc1ccc(F)cc1. The van der Waals surface area contributed by atoms with E-state index in [0.717, 1.165) is 12.1 Å². The number of ether oxygens (including phenoxy) is 1. The van der Waals surface area contributed by atoms with Crippen molar-refractivity contribution in [3.8, 4) is 5.75 Å². The smallest absolute Gasteiger partial charge is 0.338 e. The van der Waals surface area contributed by atoms with Crippen LogP contribution in [0.1, 0.15) is 0 Å². The van der Waals surface area contributed by atoms with Gasteiger partial charge in [-0.15, -0.1) is 0 Å². The van der Waals surface area contributed by atoms with Gasteiger partial charge in [0.05, 0.1) is 0 Å². The number of benzene rings is 1. The van der Waals surface area contributed by atoms with Crippen LogP contribution in [0.5, 0.6) is 5.75 Å². The Labute approximate surface area is 67.8 Å². The molecule has 0 heterocycles. The zero-order valence-corrected chi connectivity index (χ0v) is 6.09. The molecule has 1 aromatic rings. The van der Waals surface area contributed by atoms with Gasteiger partial charge < -0.3 is 4.74 Å². The summed E-state index contributed by atoms with van der Waals surface area (Å²) in [5.41, 5.74) is 0. The zero-order valence-electron chi connectivity index (χ0n) is 6.09. The molecule has 0 amide bonds. The molecule has 2 nitrogen and oxygen atoms in total. The summed E-state index contributed by atoms with van der Waals surface area (Å²) in [7, 11) is 0. The Morgan fingerprint density at radius 2 is 1.92 bits per heavy atom. The topological polar surface area (TPSA) is 26.3 Å². The van der Waals surface area contributed by atoms with Crippen molar-refractivity contribution in [1.82, 2.24) is 0 Å². The van der Waals surface area contributed by atoms with Crippen molar-refractivity contribution in [2.45, 2.75) is 0 Å². The summed E-state index contributed by atoms with van der Waals surface area (Å²) in [6.45, 7) is -0.633. The molecule has 0 spiro atoms. The van der Waals surface area contributed by atoms with Gasteiger partial charge in [-0.2, -0.15) is 4.39 Å². The Bertz CT molecular complexity index is 269. The van der Waals surface area contributed by atoms with Crippen molar-refractivity contribution in [2.24, 2.45) is 0 Å². The maximum Gasteiger partial charge on any atom is 0.338 e. The normalized spacial score (nSPS) is 9.50. The molecule has 0 saturated heterocycles. The maximum absolute atomic E-state index is 12.3. The fourth-order valence-corrected chi connectivity index (χ4v) is 0.671. The minimum absolute atomic E-state index is 0.266. The molecule has 0 saturated carbocycles. The van der Waals surface area contributed by atoms with Crippen molar-refractivity contribution < 1.29 is 18.3 Å². The Hall–Kier alpha value is -1.45. The summed E-state index contributed by atoms with van der Waals surface area (Å²) in [5.74, 6) is -0.142. The lowest BCUT2D eigenvalue weighted by molar-refractivity contribution is -0.131. The van der Waals surface area contributed by atoms with Gasteiger partial charge in [0.1, 0.15) is 11.6 Å². The van der Waals surface area contributed by atoms with E-state index in [0.29, 0.717) is 0 Å². The number of halogens is 2. The minimum Gasteiger partial charge on any atom is -0.483 e. The van der Waals surface area contributed by atoms with Gasteiger partial charge >= 0.3 is 6.04 Å². The van der Waals surface area contributed by atoms with E-state index in [4.69, 9.17) is 0 Å². The molecule has 64 valence electrons. The fraction of sp³-hybridized carbons (Fsp3) is 0.125. The van der Waals surface area contributed by atoms with E-state index in [1.54, 1.807) is 0 Å². The van der Waals surface area contributed by atoms with E-state index in [1.165, 1.54) is 12.1 Å². The van der Waals surface area contributed by atoms with Gasteiger partial charge in [-0.05, 0) is 24.3 Å². The first-order chi connectivity index (χ1) is 5.68. The first-order valence-corrected chi connectivity index (χ1v) is 3.25. The van der Waals surface area contributed by atoms with Crippen LogP contribution in [0.25, 0.3) is 0 Å². The molecule has 0 unspecified atom stereocenters. The molecular weight excluding hydrogens is 166 g/mol. The highest BCUT2D eigenvalue weighted by atomic mass is 19.1. The fourth-order valence-electron chi connectivity index (χ4n) is 0.671. The largest absolute Gasteiger partial charge is 0.483 e. The van der Waals surface area contributed by atoms with Crippen LogP contribution in [0.15, 0.2) is 24.3 Å². The Morgan fingerprint density at radius 1 is 1.33 bits per heavy atom. The second-order valence-corrected chi connectivity index (χ2v) is 2.10. The van der Waals surface area contributed by atoms with E-state index in [1.807, 2.05) is 0 Å². The summed E-state index contributed by atoms with van der Waals surface area (Å²) < 4.78 is 28.5. The van der Waals surface area contributed by atoms with Gasteiger partial charge in [-0.3, -0.25) is 4.79 Å². The number of hydrogen-bond donors (Lipinski definition) is 0. The molecular formula is C8H6F2O2. The molecule has 0 aliphatic carbocycles. The van der Waals surface area contributed by atoms with Crippen molar-refractivity contribution >= 4 is 6.04 Å². The van der Waals surface area contributed by atoms with E-state index in [2.05, 4.69) is 4.74 Å². The van der Waals surface area contributed by atoms with Crippen LogP contribution in [-0.2, 0) is 4.79 Å². The van der Waals surface area contributed by atoms with Crippen LogP contribution in [-0.4, -0.2) is 12.6 Å². The van der Waals surface area contributed by atoms with Gasteiger partial charge in [0.25, 0.3) is 0 Å². The quantitative estimate of drug-likeness (QED) is 0.648. The third-order valence-corrected chi connectivity index (χ3v) is 1.17. The first-order valence-electron chi connectivity index (χ1n) is 3.25. The lowest BCUT2D eigenvalue weighted by atomic mass is 10.3. The molecule has 12 heavy (non-hydrogen) atoms. The number of rotatable bonds is 3. The van der Waals surface area contributed by atoms with Crippen molar-refractivity contribution in [2.75, 3.05) is 6.61 Å². The third-order valence-electron chi connectivity index (χ3n) is 1.17. The average Bonchev–Trinajstić information content (AvgIpc) is 2.03. The second-order valence-electron chi connectivity index (χ2n) is 2.10. The first kappa shape index (κ1) is 8.64. The molecule has 1 rings (SSSR count). The minimum atomic E-state index is -1.56. The average molecular weight is 172 g/mol. The monoisotopic (exact) mass is 172 g/mol. The second kappa shape index (κ2) is 3.80. The highest BCUT2D eigenvalue weighted by Gasteiger charge is 1.99. The summed E-state index contributed by atoms with van der Waals surface area (Å²) in [6, 6.07) is 3.41. The van der Waals surface area contributed by atoms with E-state index in [-0.39, 0.29) is 5.75 Å². The van der Waals surface area contributed by atoms with Crippen LogP contribution in [0, 0.1) is 5.82 Å². The van der Waals surface area contributed by atoms with Gasteiger partial charge in [0, 0.05) is 0 Å². The lowest BCUT2D eigenvalue weighted by Crippen LogP contribution is -2.04. The molecule has 0 atom stereocenters. The third kappa shape index (κ3) is 2.65. The van der Waals surface area contributed by atoms with Crippen LogP contribution in [0.2, 0.25) is 0 Å². The lowest BCUT2D eigenvalue weighted by Gasteiger charge is -2.00. The predicted octanol–water partition coefficient (Wildman–Crippen LogP) is 1.70. The number of carbonyl (C=O) groups excluding carboxylic acids is 1. The predicted molar refractivity (Wildman–Crippen MR) is 38.0 cm³/mol. The van der Waals surface area contributed by atoms with Gasteiger partial charge in [-0.25, -0.2) is 4.39 Å². The molecule has 0 fully saturated rings. The maximum atomic E-state index is 12.3. The molecule has 0 radical (unpaired) electrons. The van der Waals surface area contributed by atoms with Crippen LogP contribution in [0.4, 0.5) is 8.78 Å². The van der Waals surface area contributed by atoms with Crippen LogP contribution < -0.4 is 4.74 Å². The van der Waals surface area contributed by atoms with Crippen molar-refractivity contribution in [3.63, 3.8) is 0 Å². The Kier molecular flexibility index (Phi) is 2.74. The molecule has 0 bridgehead atoms. The van der Waals surface area contributed by atoms with E-state index < -0.39 is 18.5 Å². The standard InChI is InChI=1S/C8H6F2O2/c9-6-1-3-7(4-2-6)12-5-8(10)11/h1-4H,5H2. The summed E-state index contributed by atoms with van der Waals surface area (Å²) in [5, 5.41) is 0. The molecule has 1 aromatic carbocycles. The Balaban J connectivity index is 2.53. The number of carbonyl (C=O) groups is 1. The highest BCUT2D eigenvalue weighted by Crippen LogP contribution is 2.10.